The number of hydroxylamine groups is 2. The summed E-state index contributed by atoms with van der Waals surface area (Å²) in [5, 5.41) is 0.799. The number of para-hydroxylation sites is 1. The average molecular weight is 407 g/mol. The Morgan fingerprint density at radius 1 is 1.11 bits per heavy atom. The highest BCUT2D eigenvalue weighted by atomic mass is 32.2. The number of hydrogen-bond donors (Lipinski definition) is 1. The molecule has 0 spiro atoms. The largest absolute Gasteiger partial charge is 0.493 e. The van der Waals surface area contributed by atoms with Crippen molar-refractivity contribution in [2.75, 3.05) is 34.4 Å². The highest BCUT2D eigenvalue weighted by Gasteiger charge is 2.44. The Bertz CT molecular complexity index is 889. The molecule has 1 heterocycles. The summed E-state index contributed by atoms with van der Waals surface area (Å²) in [6.45, 7) is 0.400. The Morgan fingerprint density at radius 3 is 2.54 bits per heavy atom. The normalized spacial score (nSPS) is 20.2. The number of nitrogens with one attached hydrogen (secondary N) is 1. The number of rotatable bonds is 8. The second-order valence-corrected chi connectivity index (χ2v) is 8.57. The number of ether oxygens (including phenoxy) is 2. The minimum atomic E-state index is -3.62. The van der Waals surface area contributed by atoms with Crippen LogP contribution in [0.5, 0.6) is 11.5 Å². The highest BCUT2D eigenvalue weighted by molar-refractivity contribution is 7.90. The lowest BCUT2D eigenvalue weighted by molar-refractivity contribution is -0.110. The van der Waals surface area contributed by atoms with Crippen LogP contribution in [0.2, 0.25) is 0 Å². The van der Waals surface area contributed by atoms with Gasteiger partial charge in [-0.15, -0.1) is 0 Å². The minimum absolute atomic E-state index is 0.0716. The molecule has 2 atom stereocenters. The van der Waals surface area contributed by atoms with Crippen LogP contribution < -0.4 is 14.2 Å². The van der Waals surface area contributed by atoms with Crippen LogP contribution in [0.3, 0.4) is 0 Å². The molecular weight excluding hydrogens is 380 g/mol. The van der Waals surface area contributed by atoms with Crippen molar-refractivity contribution < 1.29 is 22.7 Å². The van der Waals surface area contributed by atoms with Gasteiger partial charge in [0.05, 0.1) is 26.9 Å². The Balaban J connectivity index is 1.80. The van der Waals surface area contributed by atoms with E-state index in [4.69, 9.17) is 14.3 Å². The summed E-state index contributed by atoms with van der Waals surface area (Å²) in [7, 11) is 1.20. The van der Waals surface area contributed by atoms with Gasteiger partial charge in [0.25, 0.3) is 0 Å². The van der Waals surface area contributed by atoms with Crippen LogP contribution in [0.1, 0.15) is 17.2 Å². The molecule has 1 aliphatic rings. The molecule has 7 nitrogen and oxygen atoms in total. The molecule has 1 N–H and O–H groups in total. The molecule has 152 valence electrons. The van der Waals surface area contributed by atoms with Gasteiger partial charge in [-0.25, -0.2) is 13.1 Å². The second kappa shape index (κ2) is 8.91. The maximum Gasteiger partial charge on any atom is 0.218 e. The zero-order chi connectivity index (χ0) is 20.1. The summed E-state index contributed by atoms with van der Waals surface area (Å²) in [6.07, 6.45) is 0.622. The molecule has 0 aliphatic carbocycles. The van der Waals surface area contributed by atoms with E-state index in [1.807, 2.05) is 42.5 Å². The van der Waals surface area contributed by atoms with Gasteiger partial charge >= 0.3 is 0 Å². The molecule has 28 heavy (non-hydrogen) atoms. The summed E-state index contributed by atoms with van der Waals surface area (Å²) in [4.78, 5) is 5.57. The smallest absolute Gasteiger partial charge is 0.218 e. The van der Waals surface area contributed by atoms with E-state index < -0.39 is 21.3 Å². The molecule has 8 heteroatoms. The van der Waals surface area contributed by atoms with Crippen LogP contribution in [0.4, 0.5) is 0 Å². The topological polar surface area (TPSA) is 77.1 Å². The fourth-order valence-corrected chi connectivity index (χ4v) is 4.98. The van der Waals surface area contributed by atoms with Crippen LogP contribution in [0.15, 0.2) is 48.5 Å². The van der Waals surface area contributed by atoms with Crippen LogP contribution in [-0.4, -0.2) is 53.1 Å². The maximum atomic E-state index is 13.0. The quantitative estimate of drug-likeness (QED) is 0.724. The molecule has 0 bridgehead atoms. The highest BCUT2D eigenvalue weighted by Crippen LogP contribution is 2.41. The van der Waals surface area contributed by atoms with E-state index >= 15 is 0 Å². The monoisotopic (exact) mass is 406 g/mol. The van der Waals surface area contributed by atoms with Crippen molar-refractivity contribution in [3.05, 3.63) is 59.7 Å². The molecule has 0 saturated carbocycles. The molecule has 0 radical (unpaired) electrons. The first kappa shape index (κ1) is 20.6. The van der Waals surface area contributed by atoms with Gasteiger partial charge < -0.3 is 9.47 Å². The van der Waals surface area contributed by atoms with E-state index in [-0.39, 0.29) is 6.61 Å². The average Bonchev–Trinajstić information content (AvgIpc) is 3.10. The first-order chi connectivity index (χ1) is 13.5. The molecule has 0 amide bonds. The van der Waals surface area contributed by atoms with Crippen molar-refractivity contribution in [1.82, 2.24) is 9.79 Å². The fourth-order valence-electron chi connectivity index (χ4n) is 3.49. The molecule has 0 aromatic heterocycles. The Hall–Kier alpha value is -2.13. The molecular formula is C20H26N2O5S. The lowest BCUT2D eigenvalue weighted by Crippen LogP contribution is -2.40. The first-order valence-electron chi connectivity index (χ1n) is 9.07. The lowest BCUT2D eigenvalue weighted by atomic mass is 10.0. The van der Waals surface area contributed by atoms with Crippen LogP contribution in [-0.2, 0) is 21.3 Å². The Labute approximate surface area is 166 Å². The van der Waals surface area contributed by atoms with Crippen molar-refractivity contribution in [3.63, 3.8) is 0 Å². The lowest BCUT2D eigenvalue weighted by Gasteiger charge is -2.25. The third-order valence-electron chi connectivity index (χ3n) is 4.90. The third-order valence-corrected chi connectivity index (χ3v) is 6.69. The minimum Gasteiger partial charge on any atom is -0.493 e. The number of methoxy groups -OCH3 is 2. The fraction of sp³-hybridized carbons (Fsp3) is 0.400. The van der Waals surface area contributed by atoms with Gasteiger partial charge in [-0.2, -0.15) is 5.06 Å². The van der Waals surface area contributed by atoms with Crippen LogP contribution in [0, 0.1) is 0 Å². The predicted octanol–water partition coefficient (Wildman–Crippen LogP) is 2.15. The van der Waals surface area contributed by atoms with Crippen molar-refractivity contribution >= 4 is 10.0 Å². The summed E-state index contributed by atoms with van der Waals surface area (Å²) >= 11 is 0. The van der Waals surface area contributed by atoms with Gasteiger partial charge in [0.2, 0.25) is 10.0 Å². The Morgan fingerprint density at radius 2 is 1.86 bits per heavy atom. The molecule has 2 aromatic rings. The van der Waals surface area contributed by atoms with E-state index in [1.54, 1.807) is 32.4 Å². The number of sulfonamides is 1. The summed E-state index contributed by atoms with van der Waals surface area (Å²) in [6, 6.07) is 14.7. The van der Waals surface area contributed by atoms with Crippen molar-refractivity contribution in [1.29, 1.82) is 0 Å². The zero-order valence-electron chi connectivity index (χ0n) is 16.3. The van der Waals surface area contributed by atoms with E-state index in [0.29, 0.717) is 30.0 Å². The van der Waals surface area contributed by atoms with Gasteiger partial charge in [0.15, 0.2) is 11.5 Å². The number of benzene rings is 2. The Kier molecular flexibility index (Phi) is 6.56. The zero-order valence-corrected chi connectivity index (χ0v) is 17.1. The van der Waals surface area contributed by atoms with E-state index in [9.17, 15) is 8.42 Å². The summed E-state index contributed by atoms with van der Waals surface area (Å²) in [5.41, 5.74) is 1.79. The molecule has 1 saturated heterocycles. The van der Waals surface area contributed by atoms with Crippen molar-refractivity contribution in [3.8, 4) is 11.5 Å². The molecule has 1 aliphatic heterocycles. The molecule has 1 fully saturated rings. The summed E-state index contributed by atoms with van der Waals surface area (Å²) < 4.78 is 39.6. The van der Waals surface area contributed by atoms with E-state index in [1.165, 1.54) is 0 Å². The van der Waals surface area contributed by atoms with E-state index in [2.05, 4.69) is 4.72 Å². The van der Waals surface area contributed by atoms with Gasteiger partial charge in [-0.3, -0.25) is 4.84 Å². The number of hydrogen-bond acceptors (Lipinski definition) is 6. The first-order valence-corrected chi connectivity index (χ1v) is 10.6. The summed E-state index contributed by atoms with van der Waals surface area (Å²) in [5.74, 6) is 1.06. The second-order valence-electron chi connectivity index (χ2n) is 6.58. The third kappa shape index (κ3) is 4.30. The van der Waals surface area contributed by atoms with Crippen LogP contribution in [0.25, 0.3) is 0 Å². The predicted molar refractivity (Wildman–Crippen MR) is 107 cm³/mol. The van der Waals surface area contributed by atoms with Gasteiger partial charge in [-0.1, -0.05) is 42.5 Å². The van der Waals surface area contributed by atoms with Gasteiger partial charge in [0, 0.05) is 19.2 Å². The van der Waals surface area contributed by atoms with Crippen molar-refractivity contribution in [2.45, 2.75) is 17.7 Å². The van der Waals surface area contributed by atoms with Crippen molar-refractivity contribution in [2.24, 2.45) is 0 Å². The van der Waals surface area contributed by atoms with Gasteiger partial charge in [0.1, 0.15) is 5.25 Å². The molecule has 3 rings (SSSR count). The molecule has 2 unspecified atom stereocenters. The number of nitrogens with zero attached hydrogens (tertiary/aromatic N) is 1. The molecule has 2 aromatic carbocycles. The SMILES string of the molecule is COc1cccc(C2C(S(=O)(=O)NCCc3ccccc3)CON2C)c1OC. The van der Waals surface area contributed by atoms with Crippen LogP contribution >= 0.6 is 0 Å². The maximum absolute atomic E-state index is 13.0. The standard InChI is InChI=1S/C20H26N2O5S/c1-22-19(16-10-7-11-17(25-2)20(16)26-3)18(14-27-22)28(23,24)21-13-12-15-8-5-4-6-9-15/h4-11,18-19,21H,12-14H2,1-3H3. The van der Waals surface area contributed by atoms with Gasteiger partial charge in [-0.05, 0) is 18.1 Å². The van der Waals surface area contributed by atoms with E-state index in [0.717, 1.165) is 5.56 Å².